The Hall–Kier alpha value is -2.81. The number of hydrogen-bond acceptors (Lipinski definition) is 6. The lowest BCUT2D eigenvalue weighted by Crippen LogP contribution is -2.33. The summed E-state index contributed by atoms with van der Waals surface area (Å²) < 4.78 is 2.13. The van der Waals surface area contributed by atoms with Crippen molar-refractivity contribution in [2.24, 2.45) is 5.92 Å². The molecule has 0 radical (unpaired) electrons. The van der Waals surface area contributed by atoms with Crippen molar-refractivity contribution in [1.82, 2.24) is 25.1 Å². The Bertz CT molecular complexity index is 1040. The lowest BCUT2D eigenvalue weighted by Gasteiger charge is -2.15. The van der Waals surface area contributed by atoms with Crippen LogP contribution in [-0.4, -0.2) is 38.1 Å². The number of nitrogens with one attached hydrogen (secondary N) is 1. The van der Waals surface area contributed by atoms with E-state index >= 15 is 0 Å². The van der Waals surface area contributed by atoms with E-state index < -0.39 is 5.92 Å². The number of amides is 2. The maximum Gasteiger partial charge on any atom is 0.229 e. The molecular formula is C19H22N6O2S. The van der Waals surface area contributed by atoms with Crippen LogP contribution in [0.25, 0.3) is 11.0 Å². The minimum Gasteiger partial charge on any atom is -0.349 e. The molecule has 1 N–H and O–H groups in total. The highest BCUT2D eigenvalue weighted by molar-refractivity contribution is 7.15. The molecule has 28 heavy (non-hydrogen) atoms. The van der Waals surface area contributed by atoms with Gasteiger partial charge in [-0.1, -0.05) is 23.5 Å². The van der Waals surface area contributed by atoms with Crippen molar-refractivity contribution in [3.63, 3.8) is 0 Å². The second-order valence-corrected chi connectivity index (χ2v) is 8.37. The van der Waals surface area contributed by atoms with Crippen LogP contribution in [0.15, 0.2) is 24.3 Å². The van der Waals surface area contributed by atoms with Crippen LogP contribution in [0.1, 0.15) is 37.1 Å². The van der Waals surface area contributed by atoms with Crippen LogP contribution >= 0.6 is 11.3 Å². The zero-order chi connectivity index (χ0) is 19.8. The molecule has 0 bridgehead atoms. The lowest BCUT2D eigenvalue weighted by molar-refractivity contribution is -0.126. The summed E-state index contributed by atoms with van der Waals surface area (Å²) in [6, 6.07) is 8.17. The fraction of sp³-hybridized carbons (Fsp3) is 0.421. The molecule has 4 rings (SSSR count). The van der Waals surface area contributed by atoms with E-state index in [0.717, 1.165) is 21.9 Å². The van der Waals surface area contributed by atoms with Gasteiger partial charge in [0.25, 0.3) is 0 Å². The van der Waals surface area contributed by atoms with Crippen molar-refractivity contribution in [2.75, 3.05) is 11.4 Å². The number of carbonyl (C=O) groups is 2. The lowest BCUT2D eigenvalue weighted by atomic mass is 10.1. The molecule has 9 heteroatoms. The molecule has 0 aliphatic carbocycles. The third kappa shape index (κ3) is 3.37. The second kappa shape index (κ2) is 7.31. The van der Waals surface area contributed by atoms with Gasteiger partial charge in [-0.05, 0) is 32.9 Å². The standard InChI is InChI=1S/C19H22N6O2S/c1-11(2)25-15-7-5-4-6-14(15)21-16(25)9-20-18(27)13-8-17(26)24(10-13)19-23-22-12(3)28-19/h4-7,11,13H,8-10H2,1-3H3,(H,20,27). The van der Waals surface area contributed by atoms with Crippen molar-refractivity contribution in [3.05, 3.63) is 35.1 Å². The Morgan fingerprint density at radius 2 is 2.11 bits per heavy atom. The van der Waals surface area contributed by atoms with Gasteiger partial charge in [0, 0.05) is 19.0 Å². The van der Waals surface area contributed by atoms with Gasteiger partial charge in [-0.15, -0.1) is 10.2 Å². The molecule has 1 fully saturated rings. The number of aromatic nitrogens is 4. The van der Waals surface area contributed by atoms with Crippen molar-refractivity contribution >= 4 is 39.3 Å². The predicted octanol–water partition coefficient (Wildman–Crippen LogP) is 2.45. The third-order valence-corrected chi connectivity index (χ3v) is 5.71. The Morgan fingerprint density at radius 3 is 2.82 bits per heavy atom. The highest BCUT2D eigenvalue weighted by atomic mass is 32.1. The van der Waals surface area contributed by atoms with E-state index in [4.69, 9.17) is 0 Å². The number of carbonyl (C=O) groups excluding carboxylic acids is 2. The summed E-state index contributed by atoms with van der Waals surface area (Å²) in [6.45, 7) is 6.69. The van der Waals surface area contributed by atoms with Crippen LogP contribution < -0.4 is 10.2 Å². The number of anilines is 1. The zero-order valence-corrected chi connectivity index (χ0v) is 16.9. The average molecular weight is 398 g/mol. The third-order valence-electron chi connectivity index (χ3n) is 4.85. The number of imidazole rings is 1. The molecule has 2 amide bonds. The van der Waals surface area contributed by atoms with Crippen LogP contribution in [0.4, 0.5) is 5.13 Å². The summed E-state index contributed by atoms with van der Waals surface area (Å²) in [5.41, 5.74) is 1.96. The van der Waals surface area contributed by atoms with Crippen molar-refractivity contribution in [2.45, 2.75) is 39.8 Å². The summed E-state index contributed by atoms with van der Waals surface area (Å²) in [4.78, 5) is 31.2. The fourth-order valence-corrected chi connectivity index (χ4v) is 4.28. The van der Waals surface area contributed by atoms with Crippen LogP contribution in [0, 0.1) is 12.8 Å². The summed E-state index contributed by atoms with van der Waals surface area (Å²) in [6.07, 6.45) is 0.186. The molecule has 1 unspecified atom stereocenters. The minimum atomic E-state index is -0.395. The molecule has 1 aromatic carbocycles. The average Bonchev–Trinajstić information content (AvgIpc) is 3.35. The summed E-state index contributed by atoms with van der Waals surface area (Å²) in [7, 11) is 0. The Kier molecular flexibility index (Phi) is 4.84. The molecular weight excluding hydrogens is 376 g/mol. The van der Waals surface area contributed by atoms with Crippen LogP contribution in [0.5, 0.6) is 0 Å². The number of benzene rings is 1. The number of fused-ring (bicyclic) bond motifs is 1. The Balaban J connectivity index is 1.46. The van der Waals surface area contributed by atoms with Gasteiger partial charge in [-0.2, -0.15) is 0 Å². The molecule has 1 aliphatic rings. The number of aryl methyl sites for hydroxylation is 1. The first-order chi connectivity index (χ1) is 13.4. The number of hydrogen-bond donors (Lipinski definition) is 1. The molecule has 1 atom stereocenters. The molecule has 3 aromatic rings. The van der Waals surface area contributed by atoms with E-state index in [9.17, 15) is 9.59 Å². The second-order valence-electron chi connectivity index (χ2n) is 7.21. The number of rotatable bonds is 5. The predicted molar refractivity (Wildman–Crippen MR) is 107 cm³/mol. The van der Waals surface area contributed by atoms with Gasteiger partial charge in [0.15, 0.2) is 0 Å². The summed E-state index contributed by atoms with van der Waals surface area (Å²) >= 11 is 1.36. The van der Waals surface area contributed by atoms with E-state index in [1.807, 2.05) is 31.2 Å². The van der Waals surface area contributed by atoms with Gasteiger partial charge < -0.3 is 9.88 Å². The van der Waals surface area contributed by atoms with Crippen molar-refractivity contribution < 1.29 is 9.59 Å². The van der Waals surface area contributed by atoms with Gasteiger partial charge in [-0.3, -0.25) is 14.5 Å². The SMILES string of the molecule is Cc1nnc(N2CC(C(=O)NCc3nc4ccccc4n3C(C)C)CC2=O)s1. The maximum absolute atomic E-state index is 12.7. The first-order valence-electron chi connectivity index (χ1n) is 9.28. The van der Waals surface area contributed by atoms with Gasteiger partial charge >= 0.3 is 0 Å². The normalized spacial score (nSPS) is 17.1. The molecule has 1 aliphatic heterocycles. The fourth-order valence-electron chi connectivity index (χ4n) is 3.57. The van der Waals surface area contributed by atoms with Crippen LogP contribution in [0.2, 0.25) is 0 Å². The minimum absolute atomic E-state index is 0.0919. The Labute approximate surface area is 166 Å². The quantitative estimate of drug-likeness (QED) is 0.713. The Morgan fingerprint density at radius 1 is 1.32 bits per heavy atom. The van der Waals surface area contributed by atoms with E-state index in [0.29, 0.717) is 18.2 Å². The van der Waals surface area contributed by atoms with Crippen molar-refractivity contribution in [3.8, 4) is 0 Å². The van der Waals surface area contributed by atoms with E-state index in [1.54, 1.807) is 4.90 Å². The van der Waals surface area contributed by atoms with Crippen LogP contribution in [0.3, 0.4) is 0 Å². The molecule has 2 aromatic heterocycles. The topological polar surface area (TPSA) is 93.0 Å². The summed E-state index contributed by atoms with van der Waals surface area (Å²) in [5.74, 6) is 0.184. The van der Waals surface area contributed by atoms with Gasteiger partial charge in [0.1, 0.15) is 10.8 Å². The van der Waals surface area contributed by atoms with Crippen LogP contribution in [-0.2, 0) is 16.1 Å². The first-order valence-corrected chi connectivity index (χ1v) is 10.1. The summed E-state index contributed by atoms with van der Waals surface area (Å²) in [5, 5.41) is 12.3. The van der Waals surface area contributed by atoms with Gasteiger partial charge in [0.05, 0.1) is 23.5 Å². The molecule has 146 valence electrons. The van der Waals surface area contributed by atoms with E-state index in [1.165, 1.54) is 11.3 Å². The zero-order valence-electron chi connectivity index (χ0n) is 16.0. The number of nitrogens with zero attached hydrogens (tertiary/aromatic N) is 5. The molecule has 0 saturated carbocycles. The highest BCUT2D eigenvalue weighted by Gasteiger charge is 2.36. The van der Waals surface area contributed by atoms with E-state index in [-0.39, 0.29) is 24.3 Å². The van der Waals surface area contributed by atoms with Gasteiger partial charge in [-0.25, -0.2) is 4.98 Å². The van der Waals surface area contributed by atoms with Gasteiger partial charge in [0.2, 0.25) is 16.9 Å². The largest absolute Gasteiger partial charge is 0.349 e. The number of para-hydroxylation sites is 2. The monoisotopic (exact) mass is 398 g/mol. The van der Waals surface area contributed by atoms with Crippen molar-refractivity contribution in [1.29, 1.82) is 0 Å². The molecule has 1 saturated heterocycles. The smallest absolute Gasteiger partial charge is 0.229 e. The molecule has 8 nitrogen and oxygen atoms in total. The van der Waals surface area contributed by atoms with E-state index in [2.05, 4.69) is 38.9 Å². The molecule has 0 spiro atoms. The molecule has 3 heterocycles. The first kappa shape index (κ1) is 18.5. The maximum atomic E-state index is 12.7. The highest BCUT2D eigenvalue weighted by Crippen LogP contribution is 2.28.